The Labute approximate surface area is 121 Å². The Morgan fingerprint density at radius 2 is 2.25 bits per heavy atom. The summed E-state index contributed by atoms with van der Waals surface area (Å²) in [6.07, 6.45) is 1.19. The van der Waals surface area contributed by atoms with Crippen LogP contribution in [0, 0.1) is 18.8 Å². The number of carbonyl (C=O) groups excluding carboxylic acids is 1. The van der Waals surface area contributed by atoms with Crippen molar-refractivity contribution < 1.29 is 4.79 Å². The number of nitrogen functional groups attached to an aromatic ring is 1. The number of hydrogen-bond donors (Lipinski definition) is 2. The predicted molar refractivity (Wildman–Crippen MR) is 83.6 cm³/mol. The molecule has 1 aromatic carbocycles. The summed E-state index contributed by atoms with van der Waals surface area (Å²) in [4.78, 5) is 14.3. The van der Waals surface area contributed by atoms with Crippen molar-refractivity contribution in [1.82, 2.24) is 4.90 Å². The van der Waals surface area contributed by atoms with Crippen LogP contribution in [0.4, 0.5) is 11.4 Å². The Bertz CT molecular complexity index is 485. The molecule has 1 aromatic rings. The van der Waals surface area contributed by atoms with Crippen LogP contribution in [-0.2, 0) is 4.79 Å². The van der Waals surface area contributed by atoms with Gasteiger partial charge in [-0.1, -0.05) is 19.9 Å². The van der Waals surface area contributed by atoms with Crippen molar-refractivity contribution in [2.75, 3.05) is 30.7 Å². The van der Waals surface area contributed by atoms with Gasteiger partial charge in [0, 0.05) is 6.54 Å². The van der Waals surface area contributed by atoms with Crippen LogP contribution in [-0.4, -0.2) is 30.4 Å². The molecule has 0 spiro atoms. The van der Waals surface area contributed by atoms with Crippen molar-refractivity contribution >= 4 is 17.3 Å². The van der Waals surface area contributed by atoms with E-state index in [0.717, 1.165) is 18.7 Å². The highest BCUT2D eigenvalue weighted by Gasteiger charge is 2.26. The molecule has 4 heteroatoms. The molecule has 1 amide bonds. The Balaban J connectivity index is 1.87. The van der Waals surface area contributed by atoms with E-state index in [1.54, 1.807) is 0 Å². The molecule has 4 nitrogen and oxygen atoms in total. The number of benzene rings is 1. The third-order valence-corrected chi connectivity index (χ3v) is 4.10. The van der Waals surface area contributed by atoms with E-state index in [2.05, 4.69) is 24.1 Å². The molecule has 0 aliphatic carbocycles. The van der Waals surface area contributed by atoms with Crippen molar-refractivity contribution in [3.8, 4) is 0 Å². The fourth-order valence-corrected chi connectivity index (χ4v) is 2.74. The quantitative estimate of drug-likeness (QED) is 0.830. The average molecular weight is 275 g/mol. The lowest BCUT2D eigenvalue weighted by molar-refractivity contribution is -0.117. The molecule has 1 aliphatic rings. The van der Waals surface area contributed by atoms with E-state index in [-0.39, 0.29) is 5.91 Å². The molecule has 2 rings (SSSR count). The highest BCUT2D eigenvalue weighted by molar-refractivity contribution is 5.95. The molecule has 1 saturated heterocycles. The number of nitrogens with two attached hydrogens (primary N) is 1. The van der Waals surface area contributed by atoms with Gasteiger partial charge in [0.15, 0.2) is 0 Å². The number of anilines is 2. The van der Waals surface area contributed by atoms with Gasteiger partial charge >= 0.3 is 0 Å². The maximum absolute atomic E-state index is 12.1. The first-order valence-corrected chi connectivity index (χ1v) is 7.34. The number of carbonyl (C=O) groups is 1. The van der Waals surface area contributed by atoms with E-state index in [0.29, 0.717) is 29.8 Å². The number of nitrogens with one attached hydrogen (secondary N) is 1. The zero-order chi connectivity index (χ0) is 14.7. The van der Waals surface area contributed by atoms with Gasteiger partial charge < -0.3 is 11.1 Å². The summed E-state index contributed by atoms with van der Waals surface area (Å²) in [5, 5.41) is 2.90. The van der Waals surface area contributed by atoms with Crippen LogP contribution in [0.25, 0.3) is 0 Å². The third kappa shape index (κ3) is 3.73. The molecule has 0 aromatic heterocycles. The van der Waals surface area contributed by atoms with Crippen molar-refractivity contribution in [2.45, 2.75) is 27.2 Å². The normalized spacial score (nSPS) is 19.5. The first-order valence-electron chi connectivity index (χ1n) is 7.34. The number of nitrogens with zero attached hydrogens (tertiary/aromatic N) is 1. The SMILES string of the molecule is Cc1ccc(NC(=O)CN2CCC(C(C)C)C2)c(N)c1. The van der Waals surface area contributed by atoms with Crippen molar-refractivity contribution in [1.29, 1.82) is 0 Å². The average Bonchev–Trinajstić information content (AvgIpc) is 2.81. The maximum atomic E-state index is 12.1. The number of amides is 1. The van der Waals surface area contributed by atoms with Crippen molar-refractivity contribution in [3.63, 3.8) is 0 Å². The monoisotopic (exact) mass is 275 g/mol. The maximum Gasteiger partial charge on any atom is 0.238 e. The summed E-state index contributed by atoms with van der Waals surface area (Å²) < 4.78 is 0. The van der Waals surface area contributed by atoms with E-state index in [1.165, 1.54) is 6.42 Å². The first kappa shape index (κ1) is 14.9. The van der Waals surface area contributed by atoms with Gasteiger partial charge in [-0.05, 0) is 49.4 Å². The Kier molecular flexibility index (Phi) is 4.65. The standard InChI is InChI=1S/C16H25N3O/c1-11(2)13-6-7-19(9-13)10-16(20)18-15-5-4-12(3)8-14(15)17/h4-5,8,11,13H,6-7,9-10,17H2,1-3H3,(H,18,20). The smallest absolute Gasteiger partial charge is 0.238 e. The molecule has 1 fully saturated rings. The second-order valence-electron chi connectivity index (χ2n) is 6.17. The second-order valence-corrected chi connectivity index (χ2v) is 6.17. The number of aryl methyl sites for hydroxylation is 1. The molecule has 20 heavy (non-hydrogen) atoms. The summed E-state index contributed by atoms with van der Waals surface area (Å²) in [6, 6.07) is 5.69. The van der Waals surface area contributed by atoms with Crippen molar-refractivity contribution in [2.24, 2.45) is 11.8 Å². The van der Waals surface area contributed by atoms with Crippen LogP contribution >= 0.6 is 0 Å². The van der Waals surface area contributed by atoms with Gasteiger partial charge in [-0.3, -0.25) is 9.69 Å². The van der Waals surface area contributed by atoms with Gasteiger partial charge in [0.2, 0.25) is 5.91 Å². The molecule has 1 atom stereocenters. The van der Waals surface area contributed by atoms with Gasteiger partial charge in [-0.15, -0.1) is 0 Å². The van der Waals surface area contributed by atoms with E-state index in [1.807, 2.05) is 25.1 Å². The Morgan fingerprint density at radius 3 is 2.85 bits per heavy atom. The molecule has 0 bridgehead atoms. The molecular formula is C16H25N3O. The minimum atomic E-state index is 0.0185. The van der Waals surface area contributed by atoms with Crippen LogP contribution in [0.2, 0.25) is 0 Å². The third-order valence-electron chi connectivity index (χ3n) is 4.10. The van der Waals surface area contributed by atoms with E-state index in [4.69, 9.17) is 5.73 Å². The molecule has 1 heterocycles. The van der Waals surface area contributed by atoms with E-state index < -0.39 is 0 Å². The molecular weight excluding hydrogens is 250 g/mol. The highest BCUT2D eigenvalue weighted by atomic mass is 16.2. The Morgan fingerprint density at radius 1 is 1.50 bits per heavy atom. The fourth-order valence-electron chi connectivity index (χ4n) is 2.74. The van der Waals surface area contributed by atoms with Crippen LogP contribution < -0.4 is 11.1 Å². The largest absolute Gasteiger partial charge is 0.397 e. The van der Waals surface area contributed by atoms with Gasteiger partial charge in [0.25, 0.3) is 0 Å². The van der Waals surface area contributed by atoms with Gasteiger partial charge in [0.05, 0.1) is 17.9 Å². The van der Waals surface area contributed by atoms with E-state index >= 15 is 0 Å². The zero-order valence-electron chi connectivity index (χ0n) is 12.6. The van der Waals surface area contributed by atoms with Crippen LogP contribution in [0.15, 0.2) is 18.2 Å². The van der Waals surface area contributed by atoms with Gasteiger partial charge in [-0.25, -0.2) is 0 Å². The number of hydrogen-bond acceptors (Lipinski definition) is 3. The van der Waals surface area contributed by atoms with Crippen LogP contribution in [0.5, 0.6) is 0 Å². The van der Waals surface area contributed by atoms with E-state index in [9.17, 15) is 4.79 Å². The predicted octanol–water partition coefficient (Wildman–Crippen LogP) is 2.49. The minimum absolute atomic E-state index is 0.0185. The lowest BCUT2D eigenvalue weighted by atomic mass is 9.95. The van der Waals surface area contributed by atoms with Crippen molar-refractivity contribution in [3.05, 3.63) is 23.8 Å². The van der Waals surface area contributed by atoms with Gasteiger partial charge in [0.1, 0.15) is 0 Å². The van der Waals surface area contributed by atoms with Gasteiger partial charge in [-0.2, -0.15) is 0 Å². The lowest BCUT2D eigenvalue weighted by Gasteiger charge is -2.17. The summed E-state index contributed by atoms with van der Waals surface area (Å²) in [5.74, 6) is 1.42. The summed E-state index contributed by atoms with van der Waals surface area (Å²) in [6.45, 7) is 8.98. The summed E-state index contributed by atoms with van der Waals surface area (Å²) >= 11 is 0. The number of likely N-dealkylation sites (tertiary alicyclic amines) is 1. The molecule has 3 N–H and O–H groups in total. The molecule has 1 unspecified atom stereocenters. The minimum Gasteiger partial charge on any atom is -0.397 e. The topological polar surface area (TPSA) is 58.4 Å². The first-order chi connectivity index (χ1) is 9.45. The Hall–Kier alpha value is -1.55. The zero-order valence-corrected chi connectivity index (χ0v) is 12.6. The molecule has 1 aliphatic heterocycles. The summed E-state index contributed by atoms with van der Waals surface area (Å²) in [7, 11) is 0. The molecule has 0 saturated carbocycles. The lowest BCUT2D eigenvalue weighted by Crippen LogP contribution is -2.32. The number of rotatable bonds is 4. The van der Waals surface area contributed by atoms with Crippen LogP contribution in [0.1, 0.15) is 25.8 Å². The summed E-state index contributed by atoms with van der Waals surface area (Å²) in [5.41, 5.74) is 8.34. The molecule has 0 radical (unpaired) electrons. The fraction of sp³-hybridized carbons (Fsp3) is 0.562. The molecule has 110 valence electrons. The van der Waals surface area contributed by atoms with Crippen LogP contribution in [0.3, 0.4) is 0 Å². The second kappa shape index (κ2) is 6.27. The highest BCUT2D eigenvalue weighted by Crippen LogP contribution is 2.24.